The van der Waals surface area contributed by atoms with Crippen molar-refractivity contribution in [3.63, 3.8) is 0 Å². The Hall–Kier alpha value is -2.58. The summed E-state index contributed by atoms with van der Waals surface area (Å²) < 4.78 is 6.53. The molecule has 3 heterocycles. The Kier molecular flexibility index (Phi) is 6.53. The average molecular weight is 391 g/mol. The molecule has 1 aromatic rings. The number of carbonyl (C=O) groups is 3. The molecule has 3 amide bonds. The largest absolute Gasteiger partial charge is 0.453 e. The van der Waals surface area contributed by atoms with Crippen molar-refractivity contribution in [3.8, 4) is 0 Å². The van der Waals surface area contributed by atoms with E-state index in [0.29, 0.717) is 44.3 Å². The highest BCUT2D eigenvalue weighted by molar-refractivity contribution is 5.90. The summed E-state index contributed by atoms with van der Waals surface area (Å²) in [6, 6.07) is -0.453. The van der Waals surface area contributed by atoms with Crippen LogP contribution in [0.15, 0.2) is 12.4 Å². The van der Waals surface area contributed by atoms with E-state index in [1.54, 1.807) is 17.0 Å². The zero-order valence-corrected chi connectivity index (χ0v) is 16.6. The van der Waals surface area contributed by atoms with Gasteiger partial charge >= 0.3 is 6.09 Å². The molecule has 1 N–H and O–H groups in total. The van der Waals surface area contributed by atoms with Gasteiger partial charge in [0.05, 0.1) is 7.11 Å². The fourth-order valence-corrected chi connectivity index (χ4v) is 3.96. The van der Waals surface area contributed by atoms with Gasteiger partial charge in [0.2, 0.25) is 5.91 Å². The highest BCUT2D eigenvalue weighted by Crippen LogP contribution is 2.20. The molecular formula is C19H29N5O4. The van der Waals surface area contributed by atoms with Crippen molar-refractivity contribution in [2.75, 3.05) is 33.3 Å². The molecule has 154 valence electrons. The van der Waals surface area contributed by atoms with E-state index in [-0.39, 0.29) is 11.8 Å². The molecule has 2 aliphatic rings. The molecule has 0 bridgehead atoms. The normalized spacial score (nSPS) is 20.7. The second kappa shape index (κ2) is 9.07. The van der Waals surface area contributed by atoms with E-state index in [9.17, 15) is 14.4 Å². The second-order valence-corrected chi connectivity index (χ2v) is 7.52. The van der Waals surface area contributed by atoms with Crippen LogP contribution in [-0.2, 0) is 16.6 Å². The molecule has 28 heavy (non-hydrogen) atoms. The topological polar surface area (TPSA) is 96.8 Å². The quantitative estimate of drug-likeness (QED) is 0.826. The Morgan fingerprint density at radius 1 is 1.18 bits per heavy atom. The van der Waals surface area contributed by atoms with Crippen molar-refractivity contribution in [1.82, 2.24) is 24.7 Å². The van der Waals surface area contributed by atoms with Gasteiger partial charge in [0, 0.05) is 45.6 Å². The van der Waals surface area contributed by atoms with Gasteiger partial charge in [-0.05, 0) is 38.0 Å². The lowest BCUT2D eigenvalue weighted by Gasteiger charge is -2.35. The van der Waals surface area contributed by atoms with Crippen LogP contribution in [0.4, 0.5) is 4.79 Å². The van der Waals surface area contributed by atoms with Crippen LogP contribution in [0, 0.1) is 5.92 Å². The van der Waals surface area contributed by atoms with Gasteiger partial charge in [-0.15, -0.1) is 0 Å². The van der Waals surface area contributed by atoms with Gasteiger partial charge in [0.1, 0.15) is 6.04 Å². The number of imidazole rings is 1. The lowest BCUT2D eigenvalue weighted by Crippen LogP contribution is -2.52. The van der Waals surface area contributed by atoms with Crippen molar-refractivity contribution >= 4 is 17.9 Å². The zero-order chi connectivity index (χ0) is 20.1. The van der Waals surface area contributed by atoms with Crippen LogP contribution in [0.5, 0.6) is 0 Å². The number of aryl methyl sites for hydroxylation is 1. The fraction of sp³-hybridized carbons (Fsp3) is 0.684. The number of likely N-dealkylation sites (tertiary alicyclic amines) is 2. The van der Waals surface area contributed by atoms with Crippen LogP contribution in [0.1, 0.15) is 42.7 Å². The Morgan fingerprint density at radius 2 is 1.93 bits per heavy atom. The van der Waals surface area contributed by atoms with Gasteiger partial charge in [-0.1, -0.05) is 0 Å². The van der Waals surface area contributed by atoms with Gasteiger partial charge in [0.25, 0.3) is 5.91 Å². The van der Waals surface area contributed by atoms with Gasteiger partial charge in [0.15, 0.2) is 5.82 Å². The van der Waals surface area contributed by atoms with Crippen molar-refractivity contribution in [1.29, 1.82) is 0 Å². The van der Waals surface area contributed by atoms with Crippen LogP contribution in [0.3, 0.4) is 0 Å². The van der Waals surface area contributed by atoms with Gasteiger partial charge in [-0.25, -0.2) is 9.78 Å². The van der Waals surface area contributed by atoms with Crippen molar-refractivity contribution in [2.45, 2.75) is 38.1 Å². The molecule has 1 aromatic heterocycles. The lowest BCUT2D eigenvalue weighted by molar-refractivity contribution is -0.127. The van der Waals surface area contributed by atoms with Gasteiger partial charge in [-0.3, -0.25) is 14.5 Å². The molecule has 0 radical (unpaired) electrons. The molecule has 2 aliphatic heterocycles. The molecule has 9 nitrogen and oxygen atoms in total. The molecule has 1 atom stereocenters. The van der Waals surface area contributed by atoms with E-state index < -0.39 is 12.1 Å². The van der Waals surface area contributed by atoms with E-state index in [2.05, 4.69) is 10.3 Å². The zero-order valence-electron chi connectivity index (χ0n) is 16.6. The number of amides is 3. The minimum atomic E-state index is -0.453. The first-order valence-electron chi connectivity index (χ1n) is 9.90. The summed E-state index contributed by atoms with van der Waals surface area (Å²) in [5.41, 5.74) is 0. The van der Waals surface area contributed by atoms with E-state index >= 15 is 0 Å². The molecule has 0 aliphatic carbocycles. The summed E-state index contributed by atoms with van der Waals surface area (Å²) >= 11 is 0. The number of rotatable bonds is 4. The number of hydrogen-bond donors (Lipinski definition) is 1. The SMILES string of the molecule is COC(=O)N1CCCCC1C(=O)NCC1CCN(C(=O)c2nccn2C)CC1. The van der Waals surface area contributed by atoms with Crippen LogP contribution in [0.25, 0.3) is 0 Å². The van der Waals surface area contributed by atoms with Crippen LogP contribution >= 0.6 is 0 Å². The molecule has 9 heteroatoms. The summed E-state index contributed by atoms with van der Waals surface area (Å²) in [6.45, 7) is 2.43. The van der Waals surface area contributed by atoms with E-state index in [1.807, 2.05) is 11.9 Å². The number of carbonyl (C=O) groups excluding carboxylic acids is 3. The fourth-order valence-electron chi connectivity index (χ4n) is 3.96. The van der Waals surface area contributed by atoms with Gasteiger partial charge < -0.3 is 19.5 Å². The number of nitrogens with one attached hydrogen (secondary N) is 1. The highest BCUT2D eigenvalue weighted by Gasteiger charge is 2.33. The third-order valence-corrected chi connectivity index (χ3v) is 5.69. The van der Waals surface area contributed by atoms with Crippen LogP contribution in [-0.4, -0.2) is 76.6 Å². The maximum Gasteiger partial charge on any atom is 0.410 e. The number of methoxy groups -OCH3 is 1. The smallest absolute Gasteiger partial charge is 0.410 e. The Bertz CT molecular complexity index is 711. The molecule has 0 spiro atoms. The Balaban J connectivity index is 1.46. The molecule has 3 rings (SSSR count). The first-order valence-corrected chi connectivity index (χ1v) is 9.90. The monoisotopic (exact) mass is 391 g/mol. The Morgan fingerprint density at radius 3 is 2.57 bits per heavy atom. The summed E-state index contributed by atoms with van der Waals surface area (Å²) in [5.74, 6) is 0.610. The summed E-state index contributed by atoms with van der Waals surface area (Å²) in [4.78, 5) is 44.5. The number of ether oxygens (including phenoxy) is 1. The average Bonchev–Trinajstić information content (AvgIpc) is 3.17. The molecule has 0 aromatic carbocycles. The predicted octanol–water partition coefficient (Wildman–Crippen LogP) is 1.01. The first kappa shape index (κ1) is 20.2. The lowest BCUT2D eigenvalue weighted by atomic mass is 9.96. The molecular weight excluding hydrogens is 362 g/mol. The number of piperidine rings is 2. The maximum atomic E-state index is 12.6. The van der Waals surface area contributed by atoms with Crippen LogP contribution < -0.4 is 5.32 Å². The first-order chi connectivity index (χ1) is 13.5. The number of aromatic nitrogens is 2. The van der Waals surface area contributed by atoms with E-state index in [1.165, 1.54) is 12.0 Å². The third kappa shape index (κ3) is 4.45. The maximum absolute atomic E-state index is 12.6. The number of hydrogen-bond acceptors (Lipinski definition) is 5. The molecule has 0 saturated carbocycles. The molecule has 2 fully saturated rings. The molecule has 2 saturated heterocycles. The highest BCUT2D eigenvalue weighted by atomic mass is 16.5. The third-order valence-electron chi connectivity index (χ3n) is 5.69. The van der Waals surface area contributed by atoms with E-state index in [0.717, 1.165) is 25.7 Å². The van der Waals surface area contributed by atoms with Crippen molar-refractivity contribution in [2.24, 2.45) is 13.0 Å². The predicted molar refractivity (Wildman–Crippen MR) is 102 cm³/mol. The second-order valence-electron chi connectivity index (χ2n) is 7.52. The van der Waals surface area contributed by atoms with Crippen LogP contribution in [0.2, 0.25) is 0 Å². The minimum absolute atomic E-state index is 0.0501. The van der Waals surface area contributed by atoms with Crippen molar-refractivity contribution in [3.05, 3.63) is 18.2 Å². The van der Waals surface area contributed by atoms with Gasteiger partial charge in [-0.2, -0.15) is 0 Å². The molecule has 1 unspecified atom stereocenters. The van der Waals surface area contributed by atoms with E-state index in [4.69, 9.17) is 4.74 Å². The number of nitrogens with zero attached hydrogens (tertiary/aromatic N) is 4. The van der Waals surface area contributed by atoms with Crippen molar-refractivity contribution < 1.29 is 19.1 Å². The summed E-state index contributed by atoms with van der Waals surface area (Å²) in [7, 11) is 3.15. The summed E-state index contributed by atoms with van der Waals surface area (Å²) in [5, 5.41) is 3.00. The Labute approximate surface area is 165 Å². The summed E-state index contributed by atoms with van der Waals surface area (Å²) in [6.07, 6.45) is 7.10. The standard InChI is InChI=1S/C19H29N5O4/c1-22-12-8-20-16(22)18(26)23-10-6-14(7-11-23)13-21-17(25)15-5-3-4-9-24(15)19(27)28-2/h8,12,14-15H,3-7,9-11,13H2,1-2H3,(H,21,25). The minimum Gasteiger partial charge on any atom is -0.453 e.